The Hall–Kier alpha value is -4.03. The monoisotopic (exact) mass is 439 g/mol. The van der Waals surface area contributed by atoms with Crippen LogP contribution in [-0.2, 0) is 18.3 Å². The van der Waals surface area contributed by atoms with Gasteiger partial charge in [-0.05, 0) is 6.07 Å². The Morgan fingerprint density at radius 1 is 1.28 bits per heavy atom. The van der Waals surface area contributed by atoms with E-state index in [1.54, 1.807) is 30.3 Å². The van der Waals surface area contributed by atoms with E-state index in [1.807, 2.05) is 0 Å². The number of benzene rings is 1. The van der Waals surface area contributed by atoms with Crippen molar-refractivity contribution in [3.63, 3.8) is 0 Å². The predicted octanol–water partition coefficient (Wildman–Crippen LogP) is 1.59. The molecular weight excluding hydrogens is 418 g/mol. The van der Waals surface area contributed by atoms with Gasteiger partial charge in [-0.1, -0.05) is 24.3 Å². The van der Waals surface area contributed by atoms with Crippen LogP contribution in [0.3, 0.4) is 0 Å². The molecule has 1 aromatic carbocycles. The first-order chi connectivity index (χ1) is 15.4. The molecule has 0 saturated heterocycles. The highest BCUT2D eigenvalue weighted by molar-refractivity contribution is 5.94. The van der Waals surface area contributed by atoms with Gasteiger partial charge in [0, 0.05) is 12.4 Å². The highest BCUT2D eigenvalue weighted by Gasteiger charge is 2.20. The van der Waals surface area contributed by atoms with Gasteiger partial charge in [0.25, 0.3) is 11.5 Å². The molecule has 12 heteroatoms. The molecule has 3 heterocycles. The lowest BCUT2D eigenvalue weighted by Crippen LogP contribution is -2.30. The third-order valence-corrected chi connectivity index (χ3v) is 4.83. The smallest absolute Gasteiger partial charge is 0.329 e. The Kier molecular flexibility index (Phi) is 5.71. The minimum absolute atomic E-state index is 0.0187. The van der Waals surface area contributed by atoms with Gasteiger partial charge < -0.3 is 19.9 Å². The normalized spacial score (nSPS) is 12.8. The molecule has 0 spiro atoms. The zero-order valence-corrected chi connectivity index (χ0v) is 17.1. The SMILES string of the molecule is C=CCOC[C@@H](O)Cn1c(N=Nc2c(O)[nH]c3ccccc23)nc2c1c(=O)[nH]c(=O)n2C. The van der Waals surface area contributed by atoms with E-state index in [4.69, 9.17) is 4.74 Å². The molecule has 4 rings (SSSR count). The summed E-state index contributed by atoms with van der Waals surface area (Å²) in [5.41, 5.74) is -0.328. The first-order valence-corrected chi connectivity index (χ1v) is 9.68. The van der Waals surface area contributed by atoms with Gasteiger partial charge in [-0.15, -0.1) is 16.8 Å². The van der Waals surface area contributed by atoms with Crippen molar-refractivity contribution in [1.29, 1.82) is 0 Å². The van der Waals surface area contributed by atoms with Crippen molar-refractivity contribution in [3.05, 3.63) is 57.8 Å². The summed E-state index contributed by atoms with van der Waals surface area (Å²) >= 11 is 0. The lowest BCUT2D eigenvalue weighted by atomic mass is 10.2. The molecule has 0 bridgehead atoms. The van der Waals surface area contributed by atoms with Crippen LogP contribution in [0.4, 0.5) is 11.6 Å². The van der Waals surface area contributed by atoms with Crippen LogP contribution in [-0.4, -0.2) is 53.6 Å². The maximum atomic E-state index is 12.5. The minimum atomic E-state index is -1.00. The summed E-state index contributed by atoms with van der Waals surface area (Å²) in [6, 6.07) is 7.14. The molecule has 0 aliphatic rings. The Balaban J connectivity index is 1.81. The topological polar surface area (TPSA) is 163 Å². The number of nitrogens with zero attached hydrogens (tertiary/aromatic N) is 5. The van der Waals surface area contributed by atoms with Crippen molar-refractivity contribution in [3.8, 4) is 5.88 Å². The molecule has 3 aromatic heterocycles. The predicted molar refractivity (Wildman–Crippen MR) is 117 cm³/mol. The highest BCUT2D eigenvalue weighted by Crippen LogP contribution is 2.36. The molecule has 4 aromatic rings. The first kappa shape index (κ1) is 21.2. The lowest BCUT2D eigenvalue weighted by molar-refractivity contribution is 0.0405. The average molecular weight is 439 g/mol. The van der Waals surface area contributed by atoms with Crippen molar-refractivity contribution >= 4 is 33.7 Å². The Labute approximate surface area is 180 Å². The summed E-state index contributed by atoms with van der Waals surface area (Å²) in [5.74, 6) is -0.208. The van der Waals surface area contributed by atoms with Crippen LogP contribution in [0.1, 0.15) is 0 Å². The number of aliphatic hydroxyl groups excluding tert-OH is 1. The molecule has 12 nitrogen and oxygen atoms in total. The maximum absolute atomic E-state index is 12.5. The number of H-pyrrole nitrogens is 2. The fourth-order valence-electron chi connectivity index (χ4n) is 3.33. The van der Waals surface area contributed by atoms with Crippen LogP contribution < -0.4 is 11.2 Å². The fourth-order valence-corrected chi connectivity index (χ4v) is 3.33. The number of nitrogens with one attached hydrogen (secondary N) is 2. The lowest BCUT2D eigenvalue weighted by Gasteiger charge is -2.12. The van der Waals surface area contributed by atoms with Gasteiger partial charge in [0.05, 0.1) is 31.4 Å². The molecular formula is C20H21N7O5. The van der Waals surface area contributed by atoms with Gasteiger partial charge in [0.2, 0.25) is 5.88 Å². The largest absolute Gasteiger partial charge is 0.493 e. The third kappa shape index (κ3) is 3.84. The van der Waals surface area contributed by atoms with Crippen LogP contribution in [0, 0.1) is 0 Å². The highest BCUT2D eigenvalue weighted by atomic mass is 16.5. The number of rotatable bonds is 8. The Morgan fingerprint density at radius 2 is 2.06 bits per heavy atom. The number of aromatic hydroxyl groups is 1. The van der Waals surface area contributed by atoms with Gasteiger partial charge >= 0.3 is 5.69 Å². The van der Waals surface area contributed by atoms with Crippen molar-refractivity contribution in [2.45, 2.75) is 12.6 Å². The van der Waals surface area contributed by atoms with E-state index in [1.165, 1.54) is 11.6 Å². The van der Waals surface area contributed by atoms with E-state index >= 15 is 0 Å². The molecule has 0 aliphatic heterocycles. The van der Waals surface area contributed by atoms with Crippen LogP contribution in [0.2, 0.25) is 0 Å². The van der Waals surface area contributed by atoms with Crippen molar-refractivity contribution in [1.82, 2.24) is 24.1 Å². The van der Waals surface area contributed by atoms with E-state index in [0.717, 1.165) is 4.57 Å². The number of aryl methyl sites for hydroxylation is 1. The molecule has 0 saturated carbocycles. The second kappa shape index (κ2) is 8.61. The Bertz CT molecular complexity index is 1440. The van der Waals surface area contributed by atoms with Crippen molar-refractivity contribution < 1.29 is 14.9 Å². The summed E-state index contributed by atoms with van der Waals surface area (Å²) in [4.78, 5) is 33.8. The van der Waals surface area contributed by atoms with E-state index in [2.05, 4.69) is 31.8 Å². The summed E-state index contributed by atoms with van der Waals surface area (Å²) < 4.78 is 7.78. The van der Waals surface area contributed by atoms with Crippen molar-refractivity contribution in [2.24, 2.45) is 17.3 Å². The van der Waals surface area contributed by atoms with Crippen LogP contribution >= 0.6 is 0 Å². The zero-order valence-electron chi connectivity index (χ0n) is 17.1. The number of aromatic amines is 2. The second-order valence-electron chi connectivity index (χ2n) is 7.06. The van der Waals surface area contributed by atoms with Gasteiger partial charge in [-0.25, -0.2) is 4.79 Å². The van der Waals surface area contributed by atoms with Crippen LogP contribution in [0.5, 0.6) is 5.88 Å². The van der Waals surface area contributed by atoms with E-state index in [9.17, 15) is 19.8 Å². The molecule has 166 valence electrons. The van der Waals surface area contributed by atoms with Gasteiger partial charge in [-0.2, -0.15) is 4.98 Å². The van der Waals surface area contributed by atoms with Crippen LogP contribution in [0.15, 0.2) is 56.7 Å². The number of hydrogen-bond donors (Lipinski definition) is 4. The molecule has 0 aliphatic carbocycles. The molecule has 0 unspecified atom stereocenters. The summed E-state index contributed by atoms with van der Waals surface area (Å²) in [5, 5.41) is 29.5. The number of hydrogen-bond acceptors (Lipinski definition) is 8. The number of fused-ring (bicyclic) bond motifs is 2. The van der Waals surface area contributed by atoms with E-state index in [-0.39, 0.29) is 48.4 Å². The van der Waals surface area contributed by atoms with E-state index < -0.39 is 17.4 Å². The summed E-state index contributed by atoms with van der Waals surface area (Å²) in [6.07, 6.45) is 0.548. The number of imidazole rings is 1. The quantitative estimate of drug-likeness (QED) is 0.185. The fraction of sp³-hybridized carbons (Fsp3) is 0.250. The molecule has 0 amide bonds. The number of azo groups is 1. The number of para-hydroxylation sites is 1. The molecule has 4 N–H and O–H groups in total. The summed E-state index contributed by atoms with van der Waals surface area (Å²) in [7, 11) is 1.45. The Morgan fingerprint density at radius 3 is 2.84 bits per heavy atom. The minimum Gasteiger partial charge on any atom is -0.493 e. The van der Waals surface area contributed by atoms with Crippen LogP contribution in [0.25, 0.3) is 22.1 Å². The standard InChI is InChI=1S/C20H21N7O5/c1-3-8-32-10-11(28)9-27-15-16(26(2)20(31)23-18(15)30)22-19(27)25-24-14-12-6-4-5-7-13(12)21-17(14)29/h3-7,11,21,28-29H,1,8-10H2,2H3,(H,23,30,31)/t11-/m0/s1. The van der Waals surface area contributed by atoms with Gasteiger partial charge in [0.15, 0.2) is 16.9 Å². The van der Waals surface area contributed by atoms with E-state index in [0.29, 0.717) is 10.9 Å². The average Bonchev–Trinajstić information content (AvgIpc) is 3.28. The second-order valence-corrected chi connectivity index (χ2v) is 7.06. The number of ether oxygens (including phenoxy) is 1. The number of aliphatic hydroxyl groups is 1. The maximum Gasteiger partial charge on any atom is 0.329 e. The molecule has 0 fully saturated rings. The number of aromatic nitrogens is 5. The molecule has 0 radical (unpaired) electrons. The third-order valence-electron chi connectivity index (χ3n) is 4.83. The molecule has 32 heavy (non-hydrogen) atoms. The molecule has 1 atom stereocenters. The van der Waals surface area contributed by atoms with Crippen molar-refractivity contribution in [2.75, 3.05) is 13.2 Å². The zero-order chi connectivity index (χ0) is 22.8. The first-order valence-electron chi connectivity index (χ1n) is 9.68. The van der Waals surface area contributed by atoms with Gasteiger partial charge in [0.1, 0.15) is 0 Å². The van der Waals surface area contributed by atoms with Gasteiger partial charge in [-0.3, -0.25) is 18.9 Å². The summed E-state index contributed by atoms with van der Waals surface area (Å²) in [6.45, 7) is 3.69.